The predicted molar refractivity (Wildman–Crippen MR) is 156 cm³/mol. The molecule has 2 unspecified atom stereocenters. The molecule has 3 aliphatic rings. The van der Waals surface area contributed by atoms with Crippen LogP contribution in [-0.2, 0) is 4.79 Å². The summed E-state index contributed by atoms with van der Waals surface area (Å²) in [4.78, 5) is 54.3. The van der Waals surface area contributed by atoms with Gasteiger partial charge >= 0.3 is 6.09 Å². The summed E-state index contributed by atoms with van der Waals surface area (Å²) in [6.07, 6.45) is 2.44. The Labute approximate surface area is 246 Å². The quantitative estimate of drug-likeness (QED) is 0.527. The first kappa shape index (κ1) is 29.3. The maximum Gasteiger partial charge on any atom is 0.407 e. The summed E-state index contributed by atoms with van der Waals surface area (Å²) in [6.45, 7) is 11.2. The van der Waals surface area contributed by atoms with Crippen LogP contribution < -0.4 is 4.90 Å². The van der Waals surface area contributed by atoms with Crippen LogP contribution in [0.2, 0.25) is 5.02 Å². The van der Waals surface area contributed by atoms with Gasteiger partial charge in [0.05, 0.1) is 17.0 Å². The van der Waals surface area contributed by atoms with Crippen molar-refractivity contribution in [2.75, 3.05) is 57.3 Å². The maximum absolute atomic E-state index is 13.7. The molecule has 2 atom stereocenters. The first-order valence-corrected chi connectivity index (χ1v) is 14.9. The fourth-order valence-corrected chi connectivity index (χ4v) is 6.78. The lowest BCUT2D eigenvalue weighted by Gasteiger charge is -2.33. The molecule has 3 saturated heterocycles. The van der Waals surface area contributed by atoms with E-state index in [-0.39, 0.29) is 17.7 Å². The zero-order valence-electron chi connectivity index (χ0n) is 24.1. The normalized spacial score (nSPS) is 21.3. The van der Waals surface area contributed by atoms with Gasteiger partial charge in [-0.1, -0.05) is 17.7 Å². The highest BCUT2D eigenvalue weighted by Crippen LogP contribution is 2.33. The van der Waals surface area contributed by atoms with Crippen molar-refractivity contribution in [1.29, 1.82) is 0 Å². The number of hydrogen-bond donors (Lipinski definition) is 1. The summed E-state index contributed by atoms with van der Waals surface area (Å²) >= 11 is 6.43. The number of amides is 3. The van der Waals surface area contributed by atoms with Crippen LogP contribution in [0.1, 0.15) is 46.6 Å². The SMILES string of the molecule is Cc1ccc(N(CCCN2CC3CN(C(=O)c4c(C)ncnc4C)CC3C2)C(=O)C2CCN(C(=O)O)CC2)cc1Cl. The molecule has 1 aromatic carbocycles. The Morgan fingerprint density at radius 3 is 2.20 bits per heavy atom. The standard InChI is InChI=1S/C30H39ClN6O4/c1-19-5-6-25(13-26(19)31)37(28(38)22-7-11-35(12-8-22)30(40)41)10-4-9-34-14-23-16-36(17-24(23)15-34)29(39)27-20(2)32-18-33-21(27)3/h5-6,13,18,22-24H,4,7-12,14-17H2,1-3H3,(H,40,41). The van der Waals surface area contributed by atoms with E-state index in [1.807, 2.05) is 48.8 Å². The number of benzene rings is 1. The van der Waals surface area contributed by atoms with Gasteiger partial charge in [0.1, 0.15) is 6.33 Å². The van der Waals surface area contributed by atoms with E-state index in [1.54, 1.807) is 0 Å². The zero-order valence-corrected chi connectivity index (χ0v) is 24.8. The third-order valence-corrected chi connectivity index (χ3v) is 9.40. The molecule has 4 heterocycles. The maximum atomic E-state index is 13.7. The van der Waals surface area contributed by atoms with Crippen LogP contribution in [0.15, 0.2) is 24.5 Å². The van der Waals surface area contributed by atoms with E-state index in [1.165, 1.54) is 11.2 Å². The Bertz CT molecular complexity index is 1280. The molecule has 3 fully saturated rings. The smallest absolute Gasteiger partial charge is 0.407 e. The Kier molecular flexibility index (Phi) is 8.79. The summed E-state index contributed by atoms with van der Waals surface area (Å²) in [5.41, 5.74) is 3.82. The van der Waals surface area contributed by atoms with Gasteiger partial charge in [0.2, 0.25) is 5.91 Å². The molecule has 5 rings (SSSR count). The van der Waals surface area contributed by atoms with E-state index >= 15 is 0 Å². The molecule has 0 saturated carbocycles. The molecule has 3 aliphatic heterocycles. The number of hydrogen-bond acceptors (Lipinski definition) is 6. The highest BCUT2D eigenvalue weighted by atomic mass is 35.5. The minimum absolute atomic E-state index is 0.0293. The third kappa shape index (κ3) is 6.33. The lowest BCUT2D eigenvalue weighted by atomic mass is 9.95. The summed E-state index contributed by atoms with van der Waals surface area (Å²) in [7, 11) is 0. The van der Waals surface area contributed by atoms with Gasteiger partial charge in [-0.25, -0.2) is 14.8 Å². The predicted octanol–water partition coefficient (Wildman–Crippen LogP) is 3.87. The fourth-order valence-electron chi connectivity index (χ4n) is 6.61. The molecule has 0 radical (unpaired) electrons. The van der Waals surface area contributed by atoms with Gasteiger partial charge in [-0.15, -0.1) is 0 Å². The molecule has 1 aromatic heterocycles. The monoisotopic (exact) mass is 582 g/mol. The fraction of sp³-hybridized carbons (Fsp3) is 0.567. The van der Waals surface area contributed by atoms with Crippen LogP contribution in [0.25, 0.3) is 0 Å². The number of piperidine rings is 1. The first-order valence-electron chi connectivity index (χ1n) is 14.5. The first-order chi connectivity index (χ1) is 19.6. The molecule has 1 N–H and O–H groups in total. The number of fused-ring (bicyclic) bond motifs is 1. The number of nitrogens with zero attached hydrogens (tertiary/aromatic N) is 6. The number of aryl methyl sites for hydroxylation is 3. The highest BCUT2D eigenvalue weighted by molar-refractivity contribution is 6.31. The van der Waals surface area contributed by atoms with Crippen molar-refractivity contribution in [3.05, 3.63) is 52.1 Å². The number of carboxylic acid groups (broad SMARTS) is 1. The number of likely N-dealkylation sites (tertiary alicyclic amines) is 3. The lowest BCUT2D eigenvalue weighted by Crippen LogP contribution is -2.45. The topological polar surface area (TPSA) is 110 Å². The third-order valence-electron chi connectivity index (χ3n) is 8.99. The summed E-state index contributed by atoms with van der Waals surface area (Å²) < 4.78 is 0. The second-order valence-electron chi connectivity index (χ2n) is 11.7. The van der Waals surface area contributed by atoms with Crippen molar-refractivity contribution in [3.63, 3.8) is 0 Å². The van der Waals surface area contributed by atoms with E-state index in [0.717, 1.165) is 61.8 Å². The molecule has 2 aromatic rings. The number of carbonyl (C=O) groups excluding carboxylic acids is 2. The molecule has 41 heavy (non-hydrogen) atoms. The summed E-state index contributed by atoms with van der Waals surface area (Å²) in [6, 6.07) is 5.73. The molecule has 0 aliphatic carbocycles. The van der Waals surface area contributed by atoms with Gasteiger partial charge in [-0.05, 0) is 76.1 Å². The van der Waals surface area contributed by atoms with Crippen molar-refractivity contribution in [2.24, 2.45) is 17.8 Å². The van der Waals surface area contributed by atoms with Crippen molar-refractivity contribution >= 4 is 35.2 Å². The largest absolute Gasteiger partial charge is 0.465 e. The molecule has 220 valence electrons. The number of anilines is 1. The van der Waals surface area contributed by atoms with Crippen LogP contribution in [-0.4, -0.2) is 100 Å². The van der Waals surface area contributed by atoms with Crippen LogP contribution in [0.5, 0.6) is 0 Å². The van der Waals surface area contributed by atoms with Crippen molar-refractivity contribution in [3.8, 4) is 0 Å². The Morgan fingerprint density at radius 1 is 0.976 bits per heavy atom. The summed E-state index contributed by atoms with van der Waals surface area (Å²) in [5, 5.41) is 9.91. The lowest BCUT2D eigenvalue weighted by molar-refractivity contribution is -0.123. The zero-order chi connectivity index (χ0) is 29.3. The molecular formula is C30H39ClN6O4. The minimum atomic E-state index is -0.930. The van der Waals surface area contributed by atoms with Crippen molar-refractivity contribution in [1.82, 2.24) is 24.7 Å². The van der Waals surface area contributed by atoms with Crippen LogP contribution in [0.3, 0.4) is 0 Å². The Balaban J connectivity index is 1.17. The number of halogens is 1. The van der Waals surface area contributed by atoms with Gasteiger partial charge in [0.15, 0.2) is 0 Å². The molecule has 10 nitrogen and oxygen atoms in total. The Hall–Kier alpha value is -3.24. The molecule has 3 amide bonds. The average Bonchev–Trinajstić information content (AvgIpc) is 3.51. The second-order valence-corrected chi connectivity index (χ2v) is 12.1. The van der Waals surface area contributed by atoms with E-state index in [0.29, 0.717) is 54.9 Å². The van der Waals surface area contributed by atoms with Gasteiger partial charge in [0.25, 0.3) is 5.91 Å². The molecule has 0 bridgehead atoms. The average molecular weight is 583 g/mol. The van der Waals surface area contributed by atoms with Gasteiger partial charge in [-0.3, -0.25) is 9.59 Å². The number of aromatic nitrogens is 2. The minimum Gasteiger partial charge on any atom is -0.465 e. The van der Waals surface area contributed by atoms with Gasteiger partial charge in [-0.2, -0.15) is 0 Å². The van der Waals surface area contributed by atoms with Crippen molar-refractivity contribution < 1.29 is 19.5 Å². The number of carbonyl (C=O) groups is 3. The van der Waals surface area contributed by atoms with E-state index in [4.69, 9.17) is 11.6 Å². The molecule has 11 heteroatoms. The van der Waals surface area contributed by atoms with E-state index in [9.17, 15) is 19.5 Å². The van der Waals surface area contributed by atoms with E-state index < -0.39 is 6.09 Å². The Morgan fingerprint density at radius 2 is 1.61 bits per heavy atom. The van der Waals surface area contributed by atoms with Crippen molar-refractivity contribution in [2.45, 2.75) is 40.0 Å². The molecular weight excluding hydrogens is 544 g/mol. The number of rotatable bonds is 7. The molecule has 0 spiro atoms. The van der Waals surface area contributed by atoms with E-state index in [2.05, 4.69) is 14.9 Å². The van der Waals surface area contributed by atoms with Crippen LogP contribution in [0.4, 0.5) is 10.5 Å². The highest BCUT2D eigenvalue weighted by Gasteiger charge is 2.42. The van der Waals surface area contributed by atoms with Gasteiger partial charge in [0, 0.05) is 62.4 Å². The summed E-state index contributed by atoms with van der Waals surface area (Å²) in [5.74, 6) is 0.747. The second kappa shape index (κ2) is 12.3. The van der Waals surface area contributed by atoms with Crippen LogP contribution >= 0.6 is 11.6 Å². The van der Waals surface area contributed by atoms with Gasteiger partial charge < -0.3 is 24.7 Å². The van der Waals surface area contributed by atoms with Crippen LogP contribution in [0, 0.1) is 38.5 Å².